The predicted octanol–water partition coefficient (Wildman–Crippen LogP) is 5.31. The third-order valence-electron chi connectivity index (χ3n) is 4.38. The van der Waals surface area contributed by atoms with Crippen LogP contribution in [-0.4, -0.2) is 4.98 Å². The maximum Gasteiger partial charge on any atom is 0.227 e. The minimum Gasteiger partial charge on any atom is -0.438 e. The van der Waals surface area contributed by atoms with Gasteiger partial charge < -0.3 is 4.42 Å². The van der Waals surface area contributed by atoms with E-state index in [0.717, 1.165) is 22.0 Å². The van der Waals surface area contributed by atoms with Crippen molar-refractivity contribution in [3.63, 3.8) is 0 Å². The van der Waals surface area contributed by atoms with Crippen LogP contribution in [0.25, 0.3) is 22.1 Å². The second kappa shape index (κ2) is 4.70. The zero-order chi connectivity index (χ0) is 15.2. The fraction of sp³-hybridized carbons (Fsp3) is 0.150. The highest BCUT2D eigenvalue weighted by Crippen LogP contribution is 2.33. The standard InChI is InChI=1S/C20H17NO/c1-20(2,14-8-4-3-5-9-14)18-13-12-16-15-10-6-7-11-17(15)22-19(16)21-18/h3-13H,1-2H3. The van der Waals surface area contributed by atoms with Crippen LogP contribution in [0.15, 0.2) is 71.1 Å². The Labute approximate surface area is 129 Å². The molecular formula is C20H17NO. The molecule has 4 rings (SSSR count). The molecule has 0 aliphatic carbocycles. The van der Waals surface area contributed by atoms with Gasteiger partial charge in [-0.3, -0.25) is 0 Å². The van der Waals surface area contributed by atoms with Crippen molar-refractivity contribution < 1.29 is 4.42 Å². The van der Waals surface area contributed by atoms with Crippen molar-refractivity contribution in [2.45, 2.75) is 19.3 Å². The number of hydrogen-bond acceptors (Lipinski definition) is 2. The molecule has 0 unspecified atom stereocenters. The van der Waals surface area contributed by atoms with E-state index in [4.69, 9.17) is 9.40 Å². The molecule has 0 atom stereocenters. The lowest BCUT2D eigenvalue weighted by Crippen LogP contribution is -2.20. The summed E-state index contributed by atoms with van der Waals surface area (Å²) in [5, 5.41) is 2.19. The molecule has 2 nitrogen and oxygen atoms in total. The van der Waals surface area contributed by atoms with E-state index in [2.05, 4.69) is 56.3 Å². The van der Waals surface area contributed by atoms with Crippen molar-refractivity contribution in [3.05, 3.63) is 78.0 Å². The fourth-order valence-electron chi connectivity index (χ4n) is 2.96. The molecule has 0 aliphatic heterocycles. The normalized spacial score (nSPS) is 12.1. The molecule has 0 aliphatic rings. The Morgan fingerprint density at radius 2 is 1.50 bits per heavy atom. The van der Waals surface area contributed by atoms with Crippen LogP contribution < -0.4 is 0 Å². The van der Waals surface area contributed by atoms with E-state index in [1.54, 1.807) is 0 Å². The zero-order valence-corrected chi connectivity index (χ0v) is 12.7. The van der Waals surface area contributed by atoms with Crippen LogP contribution in [0, 0.1) is 0 Å². The second-order valence-electron chi connectivity index (χ2n) is 6.14. The Bertz CT molecular complexity index is 951. The smallest absolute Gasteiger partial charge is 0.227 e. The second-order valence-corrected chi connectivity index (χ2v) is 6.14. The van der Waals surface area contributed by atoms with Crippen molar-refractivity contribution in [3.8, 4) is 0 Å². The molecule has 108 valence electrons. The summed E-state index contributed by atoms with van der Waals surface area (Å²) in [6.07, 6.45) is 0. The Morgan fingerprint density at radius 3 is 2.32 bits per heavy atom. The number of aromatic nitrogens is 1. The maximum atomic E-state index is 5.91. The van der Waals surface area contributed by atoms with Crippen LogP contribution in [0.2, 0.25) is 0 Å². The molecule has 0 N–H and O–H groups in total. The number of nitrogens with zero attached hydrogens (tertiary/aromatic N) is 1. The minimum atomic E-state index is -0.158. The number of pyridine rings is 1. The first kappa shape index (κ1) is 13.1. The largest absolute Gasteiger partial charge is 0.438 e. The van der Waals surface area contributed by atoms with Gasteiger partial charge in [0, 0.05) is 16.2 Å². The van der Waals surface area contributed by atoms with Gasteiger partial charge in [0.1, 0.15) is 5.58 Å². The summed E-state index contributed by atoms with van der Waals surface area (Å²) < 4.78 is 5.91. The molecule has 4 aromatic rings. The van der Waals surface area contributed by atoms with E-state index in [9.17, 15) is 0 Å². The maximum absolute atomic E-state index is 5.91. The first-order chi connectivity index (χ1) is 10.7. The summed E-state index contributed by atoms with van der Waals surface area (Å²) in [5.41, 5.74) is 3.71. The number of rotatable bonds is 2. The van der Waals surface area contributed by atoms with Gasteiger partial charge in [0.05, 0.1) is 5.69 Å². The molecule has 2 heterocycles. The van der Waals surface area contributed by atoms with Crippen molar-refractivity contribution in [2.24, 2.45) is 0 Å². The van der Waals surface area contributed by atoms with Gasteiger partial charge in [-0.05, 0) is 23.8 Å². The summed E-state index contributed by atoms with van der Waals surface area (Å²) in [6, 6.07) is 22.8. The van der Waals surface area contributed by atoms with Gasteiger partial charge in [-0.1, -0.05) is 62.4 Å². The summed E-state index contributed by atoms with van der Waals surface area (Å²) in [6.45, 7) is 4.39. The topological polar surface area (TPSA) is 26.0 Å². The predicted molar refractivity (Wildman–Crippen MR) is 90.1 cm³/mol. The van der Waals surface area contributed by atoms with E-state index in [1.165, 1.54) is 5.56 Å². The molecule has 0 radical (unpaired) electrons. The van der Waals surface area contributed by atoms with Crippen molar-refractivity contribution in [1.82, 2.24) is 4.98 Å². The van der Waals surface area contributed by atoms with E-state index in [-0.39, 0.29) is 5.41 Å². The van der Waals surface area contributed by atoms with Crippen molar-refractivity contribution in [2.75, 3.05) is 0 Å². The lowest BCUT2D eigenvalue weighted by molar-refractivity contribution is 0.601. The van der Waals surface area contributed by atoms with E-state index in [1.807, 2.05) is 24.3 Å². The van der Waals surface area contributed by atoms with Gasteiger partial charge in [0.25, 0.3) is 0 Å². The number of fused-ring (bicyclic) bond motifs is 3. The summed E-state index contributed by atoms with van der Waals surface area (Å²) in [5.74, 6) is 0. The Kier molecular flexibility index (Phi) is 2.80. The molecule has 22 heavy (non-hydrogen) atoms. The highest BCUT2D eigenvalue weighted by molar-refractivity contribution is 6.03. The third-order valence-corrected chi connectivity index (χ3v) is 4.38. The van der Waals surface area contributed by atoms with Crippen LogP contribution in [0.4, 0.5) is 0 Å². The lowest BCUT2D eigenvalue weighted by atomic mass is 9.81. The molecule has 0 saturated carbocycles. The molecule has 2 aromatic heterocycles. The molecule has 2 aromatic carbocycles. The first-order valence-electron chi connectivity index (χ1n) is 7.50. The van der Waals surface area contributed by atoms with Gasteiger partial charge in [-0.15, -0.1) is 0 Å². The molecule has 0 fully saturated rings. The van der Waals surface area contributed by atoms with Gasteiger partial charge in [-0.2, -0.15) is 0 Å². The van der Waals surface area contributed by atoms with E-state index in [0.29, 0.717) is 5.71 Å². The molecule has 0 amide bonds. The van der Waals surface area contributed by atoms with Crippen molar-refractivity contribution >= 4 is 22.1 Å². The Morgan fingerprint density at radius 1 is 0.773 bits per heavy atom. The Hall–Kier alpha value is -2.61. The summed E-state index contributed by atoms with van der Waals surface area (Å²) in [7, 11) is 0. The first-order valence-corrected chi connectivity index (χ1v) is 7.50. The molecule has 0 bridgehead atoms. The summed E-state index contributed by atoms with van der Waals surface area (Å²) in [4.78, 5) is 4.79. The number of hydrogen-bond donors (Lipinski definition) is 0. The van der Waals surface area contributed by atoms with E-state index < -0.39 is 0 Å². The third kappa shape index (κ3) is 1.92. The van der Waals surface area contributed by atoms with Gasteiger partial charge >= 0.3 is 0 Å². The Balaban J connectivity index is 1.91. The van der Waals surface area contributed by atoms with E-state index >= 15 is 0 Å². The molecule has 0 spiro atoms. The highest BCUT2D eigenvalue weighted by Gasteiger charge is 2.25. The molecule has 2 heteroatoms. The van der Waals surface area contributed by atoms with Crippen molar-refractivity contribution in [1.29, 1.82) is 0 Å². The average molecular weight is 287 g/mol. The van der Waals surface area contributed by atoms with Crippen LogP contribution in [0.5, 0.6) is 0 Å². The quantitative estimate of drug-likeness (QED) is 0.499. The highest BCUT2D eigenvalue weighted by atomic mass is 16.3. The lowest BCUT2D eigenvalue weighted by Gasteiger charge is -2.24. The van der Waals surface area contributed by atoms with Gasteiger partial charge in [0.2, 0.25) is 5.71 Å². The summed E-state index contributed by atoms with van der Waals surface area (Å²) >= 11 is 0. The monoisotopic (exact) mass is 287 g/mol. The number of furan rings is 1. The number of benzene rings is 2. The van der Waals surface area contributed by atoms with Gasteiger partial charge in [-0.25, -0.2) is 4.98 Å². The minimum absolute atomic E-state index is 0.158. The molecular weight excluding hydrogens is 270 g/mol. The molecule has 0 saturated heterocycles. The van der Waals surface area contributed by atoms with Crippen LogP contribution in [0.1, 0.15) is 25.1 Å². The van der Waals surface area contributed by atoms with Crippen LogP contribution >= 0.6 is 0 Å². The number of para-hydroxylation sites is 1. The SMILES string of the molecule is CC(C)(c1ccccc1)c1ccc2c(n1)oc1ccccc12. The van der Waals surface area contributed by atoms with Gasteiger partial charge in [0.15, 0.2) is 0 Å². The van der Waals surface area contributed by atoms with Crippen LogP contribution in [0.3, 0.4) is 0 Å². The average Bonchev–Trinajstić information content (AvgIpc) is 2.93. The zero-order valence-electron chi connectivity index (χ0n) is 12.7. The fourth-order valence-corrected chi connectivity index (χ4v) is 2.96. The van der Waals surface area contributed by atoms with Crippen LogP contribution in [-0.2, 0) is 5.41 Å².